The van der Waals surface area contributed by atoms with E-state index in [2.05, 4.69) is 0 Å². The second-order valence-electron chi connectivity index (χ2n) is 4.07. The molecule has 100 valence electrons. The first kappa shape index (κ1) is 13.6. The lowest BCUT2D eigenvalue weighted by atomic mass is 10.2. The maximum atomic E-state index is 11.5. The van der Waals surface area contributed by atoms with E-state index in [1.54, 1.807) is 24.3 Å². The standard InChI is InChI=1S/C16H13NO3/c17-10-13-6-8-15(9-7-13)19-12-16(18)20-11-14-4-2-1-3-5-14/h1-9H,11-12H2. The average molecular weight is 267 g/mol. The van der Waals surface area contributed by atoms with Gasteiger partial charge in [-0.15, -0.1) is 0 Å². The molecule has 0 saturated carbocycles. The first-order valence-corrected chi connectivity index (χ1v) is 6.10. The van der Waals surface area contributed by atoms with Crippen molar-refractivity contribution in [2.45, 2.75) is 6.61 Å². The van der Waals surface area contributed by atoms with E-state index in [1.807, 2.05) is 36.4 Å². The SMILES string of the molecule is N#Cc1ccc(OCC(=O)OCc2ccccc2)cc1. The molecule has 2 rings (SSSR count). The Morgan fingerprint density at radius 2 is 1.75 bits per heavy atom. The number of nitrogens with zero attached hydrogens (tertiary/aromatic N) is 1. The molecule has 0 aromatic heterocycles. The first-order valence-electron chi connectivity index (χ1n) is 6.10. The Morgan fingerprint density at radius 3 is 2.40 bits per heavy atom. The number of esters is 1. The largest absolute Gasteiger partial charge is 0.482 e. The minimum absolute atomic E-state index is 0.154. The molecule has 20 heavy (non-hydrogen) atoms. The zero-order chi connectivity index (χ0) is 14.2. The quantitative estimate of drug-likeness (QED) is 0.781. The van der Waals surface area contributed by atoms with Crippen LogP contribution in [0.15, 0.2) is 54.6 Å². The van der Waals surface area contributed by atoms with Crippen molar-refractivity contribution < 1.29 is 14.3 Å². The van der Waals surface area contributed by atoms with Crippen molar-refractivity contribution in [1.82, 2.24) is 0 Å². The fraction of sp³-hybridized carbons (Fsp3) is 0.125. The predicted octanol–water partition coefficient (Wildman–Crippen LogP) is 2.68. The van der Waals surface area contributed by atoms with Crippen molar-refractivity contribution >= 4 is 5.97 Å². The van der Waals surface area contributed by atoms with Gasteiger partial charge in [0, 0.05) is 0 Å². The van der Waals surface area contributed by atoms with Crippen LogP contribution in [-0.4, -0.2) is 12.6 Å². The molecule has 0 aliphatic carbocycles. The third-order valence-corrected chi connectivity index (χ3v) is 2.58. The van der Waals surface area contributed by atoms with E-state index in [0.717, 1.165) is 5.56 Å². The number of hydrogen-bond donors (Lipinski definition) is 0. The van der Waals surface area contributed by atoms with Crippen molar-refractivity contribution in [3.63, 3.8) is 0 Å². The summed E-state index contributed by atoms with van der Waals surface area (Å²) in [7, 11) is 0. The zero-order valence-electron chi connectivity index (χ0n) is 10.8. The lowest BCUT2D eigenvalue weighted by molar-refractivity contribution is -0.147. The molecule has 0 spiro atoms. The summed E-state index contributed by atoms with van der Waals surface area (Å²) in [4.78, 5) is 11.5. The van der Waals surface area contributed by atoms with Gasteiger partial charge in [-0.1, -0.05) is 30.3 Å². The fourth-order valence-corrected chi connectivity index (χ4v) is 1.55. The number of carbonyl (C=O) groups is 1. The molecule has 4 nitrogen and oxygen atoms in total. The highest BCUT2D eigenvalue weighted by Crippen LogP contribution is 2.11. The van der Waals surface area contributed by atoms with Gasteiger partial charge in [0.2, 0.25) is 0 Å². The lowest BCUT2D eigenvalue weighted by Gasteiger charge is -2.07. The van der Waals surface area contributed by atoms with Gasteiger partial charge in [0.05, 0.1) is 11.6 Å². The predicted molar refractivity (Wildman–Crippen MR) is 72.9 cm³/mol. The van der Waals surface area contributed by atoms with Crippen LogP contribution >= 0.6 is 0 Å². The molecule has 0 bridgehead atoms. The third-order valence-electron chi connectivity index (χ3n) is 2.58. The van der Waals surface area contributed by atoms with Crippen molar-refractivity contribution in [2.24, 2.45) is 0 Å². The molecule has 0 aliphatic rings. The first-order chi connectivity index (χ1) is 9.78. The maximum absolute atomic E-state index is 11.5. The van der Waals surface area contributed by atoms with Gasteiger partial charge in [-0.3, -0.25) is 0 Å². The average Bonchev–Trinajstić information content (AvgIpc) is 2.52. The van der Waals surface area contributed by atoms with Gasteiger partial charge in [-0.2, -0.15) is 5.26 Å². The number of nitriles is 1. The summed E-state index contributed by atoms with van der Waals surface area (Å²) >= 11 is 0. The van der Waals surface area contributed by atoms with Gasteiger partial charge in [0.25, 0.3) is 0 Å². The van der Waals surface area contributed by atoms with Crippen LogP contribution in [0.1, 0.15) is 11.1 Å². The highest BCUT2D eigenvalue weighted by Gasteiger charge is 2.04. The van der Waals surface area contributed by atoms with Crippen molar-refractivity contribution in [3.05, 3.63) is 65.7 Å². The van der Waals surface area contributed by atoms with Gasteiger partial charge >= 0.3 is 5.97 Å². The van der Waals surface area contributed by atoms with E-state index in [4.69, 9.17) is 14.7 Å². The molecule has 0 saturated heterocycles. The van der Waals surface area contributed by atoms with Crippen LogP contribution in [0.3, 0.4) is 0 Å². The molecule has 0 heterocycles. The molecule has 0 N–H and O–H groups in total. The Balaban J connectivity index is 1.76. The number of benzene rings is 2. The van der Waals surface area contributed by atoms with Gasteiger partial charge < -0.3 is 9.47 Å². The fourth-order valence-electron chi connectivity index (χ4n) is 1.55. The Kier molecular flexibility index (Phi) is 4.74. The van der Waals surface area contributed by atoms with Gasteiger partial charge in [-0.25, -0.2) is 4.79 Å². The number of carbonyl (C=O) groups excluding carboxylic acids is 1. The summed E-state index contributed by atoms with van der Waals surface area (Å²) in [5, 5.41) is 8.66. The normalized spacial score (nSPS) is 9.55. The Labute approximate surface area is 117 Å². The molecule has 0 aliphatic heterocycles. The van der Waals surface area contributed by atoms with Gasteiger partial charge in [0.15, 0.2) is 6.61 Å². The smallest absolute Gasteiger partial charge is 0.344 e. The second-order valence-corrected chi connectivity index (χ2v) is 4.07. The summed E-state index contributed by atoms with van der Waals surface area (Å²) in [6.07, 6.45) is 0. The Hall–Kier alpha value is -2.80. The van der Waals surface area contributed by atoms with Crippen LogP contribution in [0.4, 0.5) is 0 Å². The van der Waals surface area contributed by atoms with Gasteiger partial charge in [-0.05, 0) is 29.8 Å². The summed E-state index contributed by atoms with van der Waals surface area (Å²) in [6.45, 7) is 0.0785. The minimum Gasteiger partial charge on any atom is -0.482 e. The summed E-state index contributed by atoms with van der Waals surface area (Å²) in [5.41, 5.74) is 1.48. The molecule has 0 fully saturated rings. The van der Waals surface area contributed by atoms with Crippen LogP contribution in [0.25, 0.3) is 0 Å². The van der Waals surface area contributed by atoms with Crippen LogP contribution in [-0.2, 0) is 16.1 Å². The van der Waals surface area contributed by atoms with E-state index in [1.165, 1.54) is 0 Å². The van der Waals surface area contributed by atoms with E-state index in [0.29, 0.717) is 11.3 Å². The Morgan fingerprint density at radius 1 is 1.05 bits per heavy atom. The molecule has 0 radical (unpaired) electrons. The van der Waals surface area contributed by atoms with E-state index < -0.39 is 5.97 Å². The minimum atomic E-state index is -0.432. The number of hydrogen-bond acceptors (Lipinski definition) is 4. The molecular weight excluding hydrogens is 254 g/mol. The molecule has 4 heteroatoms. The van der Waals surface area contributed by atoms with E-state index in [-0.39, 0.29) is 13.2 Å². The topological polar surface area (TPSA) is 59.3 Å². The summed E-state index contributed by atoms with van der Waals surface area (Å²) in [5.74, 6) is 0.0962. The monoisotopic (exact) mass is 267 g/mol. The summed E-state index contributed by atoms with van der Waals surface area (Å²) < 4.78 is 10.4. The lowest BCUT2D eigenvalue weighted by Crippen LogP contribution is -2.14. The van der Waals surface area contributed by atoms with Crippen molar-refractivity contribution in [2.75, 3.05) is 6.61 Å². The maximum Gasteiger partial charge on any atom is 0.344 e. The molecule has 0 unspecified atom stereocenters. The van der Waals surface area contributed by atoms with Crippen molar-refractivity contribution in [3.8, 4) is 11.8 Å². The Bertz CT molecular complexity index is 600. The highest BCUT2D eigenvalue weighted by molar-refractivity contribution is 5.71. The number of ether oxygens (including phenoxy) is 2. The van der Waals surface area contributed by atoms with Gasteiger partial charge in [0.1, 0.15) is 12.4 Å². The van der Waals surface area contributed by atoms with E-state index in [9.17, 15) is 4.79 Å². The third kappa shape index (κ3) is 4.14. The highest BCUT2D eigenvalue weighted by atomic mass is 16.6. The molecular formula is C16H13NO3. The van der Waals surface area contributed by atoms with Crippen LogP contribution in [0.5, 0.6) is 5.75 Å². The van der Waals surface area contributed by atoms with Crippen LogP contribution < -0.4 is 4.74 Å². The molecule has 2 aromatic rings. The summed E-state index contributed by atoms with van der Waals surface area (Å²) in [6, 6.07) is 18.0. The molecule has 2 aromatic carbocycles. The van der Waals surface area contributed by atoms with Crippen LogP contribution in [0.2, 0.25) is 0 Å². The molecule has 0 atom stereocenters. The van der Waals surface area contributed by atoms with E-state index >= 15 is 0 Å². The molecule has 0 amide bonds. The van der Waals surface area contributed by atoms with Crippen molar-refractivity contribution in [1.29, 1.82) is 5.26 Å². The second kappa shape index (κ2) is 6.95. The zero-order valence-corrected chi connectivity index (χ0v) is 10.8. The van der Waals surface area contributed by atoms with Crippen LogP contribution in [0, 0.1) is 11.3 Å². The number of rotatable bonds is 5.